The molecule has 8 heteroatoms. The van der Waals surface area contributed by atoms with E-state index in [0.717, 1.165) is 26.1 Å². The number of hydrogen-bond donors (Lipinski definition) is 3. The number of nitrogens with one attached hydrogen (secondary N) is 1. The van der Waals surface area contributed by atoms with Crippen LogP contribution < -0.4 is 11.5 Å². The van der Waals surface area contributed by atoms with Gasteiger partial charge in [-0.25, -0.2) is 4.18 Å². The zero-order valence-corrected chi connectivity index (χ0v) is 22.2. The first-order chi connectivity index (χ1) is 14.9. The SMILES string of the molecule is CCCCCCCCCCCCCCCCC1(CC)CNCCO1.CCOS(=O)(=O)O.N. The fourth-order valence-corrected chi connectivity index (χ4v) is 4.36. The molecule has 0 spiro atoms. The Morgan fingerprint density at radius 3 is 1.62 bits per heavy atom. The van der Waals surface area contributed by atoms with Crippen molar-refractivity contribution >= 4 is 10.4 Å². The van der Waals surface area contributed by atoms with Gasteiger partial charge in [-0.15, -0.1) is 0 Å². The van der Waals surface area contributed by atoms with Gasteiger partial charge in [-0.2, -0.15) is 8.42 Å². The van der Waals surface area contributed by atoms with Gasteiger partial charge in [0.15, 0.2) is 0 Å². The van der Waals surface area contributed by atoms with Crippen molar-refractivity contribution in [3.63, 3.8) is 0 Å². The minimum absolute atomic E-state index is 0. The van der Waals surface area contributed by atoms with Crippen LogP contribution in [0.5, 0.6) is 0 Å². The summed E-state index contributed by atoms with van der Waals surface area (Å²) in [5.74, 6) is 0. The second-order valence-electron chi connectivity index (χ2n) is 8.74. The van der Waals surface area contributed by atoms with Crippen molar-refractivity contribution in [2.45, 2.75) is 129 Å². The van der Waals surface area contributed by atoms with Crippen molar-refractivity contribution < 1.29 is 21.9 Å². The summed E-state index contributed by atoms with van der Waals surface area (Å²) in [6.45, 7) is 8.99. The third-order valence-electron chi connectivity index (χ3n) is 6.03. The molecule has 0 aromatic rings. The molecule has 0 radical (unpaired) electrons. The lowest BCUT2D eigenvalue weighted by molar-refractivity contribution is -0.0748. The quantitative estimate of drug-likeness (QED) is 0.148. The van der Waals surface area contributed by atoms with Crippen LogP contribution in [0.25, 0.3) is 0 Å². The molecule has 0 aromatic heterocycles. The van der Waals surface area contributed by atoms with E-state index >= 15 is 0 Å². The Balaban J connectivity index is 0. The lowest BCUT2D eigenvalue weighted by atomic mass is 9.91. The Labute approximate surface area is 199 Å². The molecule has 1 unspecified atom stereocenters. The van der Waals surface area contributed by atoms with E-state index in [2.05, 4.69) is 23.3 Å². The molecule has 7 nitrogen and oxygen atoms in total. The molecule has 1 aliphatic heterocycles. The van der Waals surface area contributed by atoms with Gasteiger partial charge < -0.3 is 16.2 Å². The fourth-order valence-electron chi connectivity index (χ4n) is 4.06. The van der Waals surface area contributed by atoms with Crippen molar-refractivity contribution in [3.8, 4) is 0 Å². The molecule has 5 N–H and O–H groups in total. The van der Waals surface area contributed by atoms with Gasteiger partial charge in [0, 0.05) is 13.1 Å². The molecule has 1 fully saturated rings. The van der Waals surface area contributed by atoms with E-state index in [1.54, 1.807) is 0 Å². The topological polar surface area (TPSA) is 120 Å². The fraction of sp³-hybridized carbons (Fsp3) is 1.00. The highest BCUT2D eigenvalue weighted by atomic mass is 32.3. The van der Waals surface area contributed by atoms with Crippen LogP contribution in [0, 0.1) is 0 Å². The molecule has 0 aromatic carbocycles. The van der Waals surface area contributed by atoms with Gasteiger partial charge in [0.05, 0.1) is 18.8 Å². The van der Waals surface area contributed by atoms with Crippen LogP contribution in [0.4, 0.5) is 0 Å². The summed E-state index contributed by atoms with van der Waals surface area (Å²) in [5, 5.41) is 3.50. The first-order valence-corrected chi connectivity index (χ1v) is 14.2. The molecule has 0 bridgehead atoms. The average Bonchev–Trinajstić information content (AvgIpc) is 2.74. The lowest BCUT2D eigenvalue weighted by Gasteiger charge is -2.37. The van der Waals surface area contributed by atoms with Gasteiger partial charge in [0.1, 0.15) is 0 Å². The number of unbranched alkanes of at least 4 members (excludes halogenated alkanes) is 13. The molecule has 1 aliphatic rings. The highest BCUT2D eigenvalue weighted by molar-refractivity contribution is 7.80. The normalized spacial score (nSPS) is 18.5. The third-order valence-corrected chi connectivity index (χ3v) is 6.56. The Morgan fingerprint density at radius 2 is 1.31 bits per heavy atom. The van der Waals surface area contributed by atoms with Crippen LogP contribution in [0.15, 0.2) is 0 Å². The maximum absolute atomic E-state index is 9.56. The molecular formula is C24H54N2O5S. The third kappa shape index (κ3) is 21.6. The molecular weight excluding hydrogens is 428 g/mol. The zero-order valence-electron chi connectivity index (χ0n) is 21.3. The van der Waals surface area contributed by atoms with Crippen molar-refractivity contribution in [2.24, 2.45) is 0 Å². The summed E-state index contributed by atoms with van der Waals surface area (Å²) in [6.07, 6.45) is 22.5. The second kappa shape index (κ2) is 22.5. The molecule has 196 valence electrons. The first kappa shape index (κ1) is 33.9. The summed E-state index contributed by atoms with van der Waals surface area (Å²) < 4.78 is 36.7. The van der Waals surface area contributed by atoms with Crippen LogP contribution in [0.2, 0.25) is 0 Å². The van der Waals surface area contributed by atoms with Crippen molar-refractivity contribution in [1.29, 1.82) is 0 Å². The zero-order chi connectivity index (χ0) is 23.3. The van der Waals surface area contributed by atoms with E-state index in [1.165, 1.54) is 103 Å². The summed E-state index contributed by atoms with van der Waals surface area (Å²) in [4.78, 5) is 0. The standard InChI is InChI=1S/C22H45NO.C2H6O4S.H3N/c1-3-5-6-7-8-9-10-11-12-13-14-15-16-17-18-22(4-2)21-23-19-20-24-22;1-2-6-7(3,4)5;/h23H,3-21H2,1-2H3;2H2,1H3,(H,3,4,5);1H3. The van der Waals surface area contributed by atoms with Gasteiger partial charge in [-0.1, -0.05) is 104 Å². The van der Waals surface area contributed by atoms with Gasteiger partial charge in [-0.05, 0) is 19.8 Å². The van der Waals surface area contributed by atoms with E-state index in [1.807, 2.05) is 0 Å². The Hall–Kier alpha value is -0.250. The van der Waals surface area contributed by atoms with Crippen molar-refractivity contribution in [2.75, 3.05) is 26.3 Å². The molecule has 0 saturated carbocycles. The monoisotopic (exact) mass is 482 g/mol. The minimum Gasteiger partial charge on any atom is -0.372 e. The number of hydrogen-bond acceptors (Lipinski definition) is 6. The second-order valence-corrected chi connectivity index (χ2v) is 9.83. The highest BCUT2D eigenvalue weighted by Gasteiger charge is 2.30. The Kier molecular flexibility index (Phi) is 23.9. The van der Waals surface area contributed by atoms with Crippen LogP contribution in [0.1, 0.15) is 124 Å². The summed E-state index contributed by atoms with van der Waals surface area (Å²) in [6, 6.07) is 0. The smallest absolute Gasteiger partial charge is 0.372 e. The van der Waals surface area contributed by atoms with E-state index in [9.17, 15) is 8.42 Å². The van der Waals surface area contributed by atoms with E-state index in [4.69, 9.17) is 9.29 Å². The average molecular weight is 483 g/mol. The van der Waals surface area contributed by atoms with Crippen LogP contribution >= 0.6 is 0 Å². The minimum atomic E-state index is -4.17. The molecule has 1 heterocycles. The van der Waals surface area contributed by atoms with E-state index in [0.29, 0.717) is 0 Å². The number of morpholine rings is 1. The van der Waals surface area contributed by atoms with Gasteiger partial charge >= 0.3 is 10.4 Å². The predicted molar refractivity (Wildman–Crippen MR) is 135 cm³/mol. The number of rotatable bonds is 18. The maximum Gasteiger partial charge on any atom is 0.397 e. The summed E-state index contributed by atoms with van der Waals surface area (Å²) in [5.41, 5.74) is 0.148. The molecule has 0 aliphatic carbocycles. The number of ether oxygens (including phenoxy) is 1. The van der Waals surface area contributed by atoms with E-state index < -0.39 is 10.4 Å². The predicted octanol–water partition coefficient (Wildman–Crippen LogP) is 6.61. The van der Waals surface area contributed by atoms with Gasteiger partial charge in [0.25, 0.3) is 0 Å². The molecule has 1 atom stereocenters. The molecule has 1 saturated heterocycles. The molecule has 32 heavy (non-hydrogen) atoms. The van der Waals surface area contributed by atoms with Gasteiger partial charge in [-0.3, -0.25) is 4.55 Å². The largest absolute Gasteiger partial charge is 0.397 e. The molecule has 0 amide bonds. The van der Waals surface area contributed by atoms with Gasteiger partial charge in [0.2, 0.25) is 0 Å². The molecule has 1 rings (SSSR count). The van der Waals surface area contributed by atoms with Crippen molar-refractivity contribution in [3.05, 3.63) is 0 Å². The first-order valence-electron chi connectivity index (χ1n) is 12.9. The van der Waals surface area contributed by atoms with Crippen LogP contribution in [-0.2, 0) is 19.3 Å². The maximum atomic E-state index is 9.56. The Morgan fingerprint density at radius 1 is 0.844 bits per heavy atom. The summed E-state index contributed by atoms with van der Waals surface area (Å²) in [7, 11) is -4.17. The van der Waals surface area contributed by atoms with Crippen molar-refractivity contribution in [1.82, 2.24) is 11.5 Å². The van der Waals surface area contributed by atoms with Crippen LogP contribution in [-0.4, -0.2) is 44.9 Å². The highest BCUT2D eigenvalue weighted by Crippen LogP contribution is 2.25. The lowest BCUT2D eigenvalue weighted by Crippen LogP contribution is -2.49. The summed E-state index contributed by atoms with van der Waals surface area (Å²) >= 11 is 0. The van der Waals surface area contributed by atoms with Crippen LogP contribution in [0.3, 0.4) is 0 Å². The van der Waals surface area contributed by atoms with E-state index in [-0.39, 0.29) is 18.4 Å². The Bertz CT molecular complexity index is 483.